The Kier molecular flexibility index (Phi) is 5.49. The average Bonchev–Trinajstić information content (AvgIpc) is 2.61. The number of methoxy groups -OCH3 is 2. The number of nitrogens with one attached hydrogen (secondary N) is 1. The van der Waals surface area contributed by atoms with Crippen molar-refractivity contribution >= 4 is 23.5 Å². The summed E-state index contributed by atoms with van der Waals surface area (Å²) in [5.41, 5.74) is 3.36. The fraction of sp³-hybridized carbons (Fsp3) is 0.455. The summed E-state index contributed by atoms with van der Waals surface area (Å²) in [4.78, 5) is 25.4. The molecule has 1 aromatic carbocycles. The van der Waals surface area contributed by atoms with E-state index in [1.165, 1.54) is 0 Å². The molecule has 28 heavy (non-hydrogen) atoms. The molecule has 1 aromatic rings. The molecule has 6 nitrogen and oxygen atoms in total. The lowest BCUT2D eigenvalue weighted by Gasteiger charge is -2.34. The highest BCUT2D eigenvalue weighted by Crippen LogP contribution is 2.43. The van der Waals surface area contributed by atoms with Crippen LogP contribution >= 0.6 is 0 Å². The van der Waals surface area contributed by atoms with Crippen molar-refractivity contribution in [3.63, 3.8) is 0 Å². The second-order valence-corrected chi connectivity index (χ2v) is 7.88. The van der Waals surface area contributed by atoms with Gasteiger partial charge in [-0.2, -0.15) is 0 Å². The van der Waals surface area contributed by atoms with Crippen LogP contribution in [-0.2, 0) is 14.3 Å². The minimum Gasteiger partial charge on any atom is -0.493 e. The summed E-state index contributed by atoms with van der Waals surface area (Å²) >= 11 is 0. The summed E-state index contributed by atoms with van der Waals surface area (Å²) in [6, 6.07) is 3.65. The van der Waals surface area contributed by atoms with E-state index in [-0.39, 0.29) is 24.2 Å². The molecule has 1 aliphatic heterocycles. The van der Waals surface area contributed by atoms with E-state index in [4.69, 9.17) is 14.2 Å². The molecular weight excluding hydrogens is 358 g/mol. The minimum absolute atomic E-state index is 0.0675. The van der Waals surface area contributed by atoms with Crippen LogP contribution in [0.4, 0.5) is 5.69 Å². The number of benzene rings is 1. The summed E-state index contributed by atoms with van der Waals surface area (Å²) < 4.78 is 16.1. The molecule has 0 fully saturated rings. The first-order valence-electron chi connectivity index (χ1n) is 9.44. The Labute approximate surface area is 165 Å². The highest BCUT2D eigenvalue weighted by molar-refractivity contribution is 6.03. The van der Waals surface area contributed by atoms with Gasteiger partial charge in [-0.05, 0) is 30.9 Å². The third-order valence-electron chi connectivity index (χ3n) is 5.07. The van der Waals surface area contributed by atoms with Crippen LogP contribution in [0.25, 0.3) is 6.08 Å². The Hall–Kier alpha value is -2.76. The number of esters is 1. The molecule has 0 aromatic heterocycles. The quantitative estimate of drug-likeness (QED) is 0.787. The SMILES string of the molecule is CCOC(=O)/C1=C/c2cc(OC)c(OC)cc2NC2=C(C1)C(=O)CC(C)(C)C2. The molecule has 0 bridgehead atoms. The van der Waals surface area contributed by atoms with Crippen LogP contribution in [-0.4, -0.2) is 32.6 Å². The number of allylic oxidation sites excluding steroid dienone is 2. The third kappa shape index (κ3) is 3.91. The number of carbonyl (C=O) groups excluding carboxylic acids is 2. The van der Waals surface area contributed by atoms with Crippen molar-refractivity contribution in [3.8, 4) is 11.5 Å². The number of ether oxygens (including phenoxy) is 3. The van der Waals surface area contributed by atoms with Crippen LogP contribution < -0.4 is 14.8 Å². The molecule has 0 atom stereocenters. The van der Waals surface area contributed by atoms with Gasteiger partial charge < -0.3 is 19.5 Å². The van der Waals surface area contributed by atoms with Gasteiger partial charge in [-0.3, -0.25) is 4.79 Å². The summed E-state index contributed by atoms with van der Waals surface area (Å²) in [5.74, 6) is 0.800. The lowest BCUT2D eigenvalue weighted by molar-refractivity contribution is -0.138. The van der Waals surface area contributed by atoms with Gasteiger partial charge in [0.1, 0.15) is 0 Å². The minimum atomic E-state index is -0.408. The standard InChI is InChI=1S/C22H27NO5/c1-6-28-21(25)14-7-13-9-19(26-4)20(27-5)10-16(13)23-17-11-22(2,3)12-18(24)15(17)8-14/h7,9-10,23H,6,8,11-12H2,1-5H3/b14-7+. The predicted octanol–water partition coefficient (Wildman–Crippen LogP) is 4.11. The first kappa shape index (κ1) is 20.0. The molecule has 0 radical (unpaired) electrons. The van der Waals surface area contributed by atoms with Crippen LogP contribution in [0, 0.1) is 5.41 Å². The van der Waals surface area contributed by atoms with E-state index in [0.717, 1.165) is 23.4 Å². The zero-order chi connectivity index (χ0) is 20.5. The first-order chi connectivity index (χ1) is 13.3. The Morgan fingerprint density at radius 1 is 1.14 bits per heavy atom. The van der Waals surface area contributed by atoms with E-state index in [9.17, 15) is 9.59 Å². The van der Waals surface area contributed by atoms with Crippen molar-refractivity contribution in [2.75, 3.05) is 26.1 Å². The normalized spacial score (nSPS) is 19.9. The number of fused-ring (bicyclic) bond motifs is 1. The van der Waals surface area contributed by atoms with E-state index in [2.05, 4.69) is 19.2 Å². The molecular formula is C22H27NO5. The van der Waals surface area contributed by atoms with Crippen LogP contribution in [0.15, 0.2) is 29.0 Å². The van der Waals surface area contributed by atoms with Gasteiger partial charge in [-0.15, -0.1) is 0 Å². The van der Waals surface area contributed by atoms with Gasteiger partial charge in [-0.1, -0.05) is 13.8 Å². The molecule has 1 aliphatic carbocycles. The highest BCUT2D eigenvalue weighted by Gasteiger charge is 2.35. The van der Waals surface area contributed by atoms with Crippen molar-refractivity contribution in [2.24, 2.45) is 5.41 Å². The van der Waals surface area contributed by atoms with Gasteiger partial charge in [-0.25, -0.2) is 4.79 Å². The summed E-state index contributed by atoms with van der Waals surface area (Å²) in [6.07, 6.45) is 3.20. The van der Waals surface area contributed by atoms with Gasteiger partial charge in [0.25, 0.3) is 0 Å². The van der Waals surface area contributed by atoms with E-state index < -0.39 is 5.97 Å². The van der Waals surface area contributed by atoms with Crippen molar-refractivity contribution in [3.05, 3.63) is 34.5 Å². The number of rotatable bonds is 4. The van der Waals surface area contributed by atoms with Crippen LogP contribution in [0.5, 0.6) is 11.5 Å². The number of Topliss-reactive ketones (excluding diaryl/α,β-unsaturated/α-hetero) is 1. The van der Waals surface area contributed by atoms with Crippen molar-refractivity contribution in [2.45, 2.75) is 40.0 Å². The van der Waals surface area contributed by atoms with Gasteiger partial charge >= 0.3 is 5.97 Å². The van der Waals surface area contributed by atoms with E-state index in [1.807, 2.05) is 12.1 Å². The molecule has 0 spiro atoms. The molecule has 0 saturated heterocycles. The van der Waals surface area contributed by atoms with Gasteiger partial charge in [0.15, 0.2) is 17.3 Å². The van der Waals surface area contributed by atoms with Crippen LogP contribution in [0.1, 0.15) is 45.6 Å². The molecule has 2 aliphatic rings. The maximum atomic E-state index is 12.8. The fourth-order valence-corrected chi connectivity index (χ4v) is 3.75. The molecule has 3 rings (SSSR count). The lowest BCUT2D eigenvalue weighted by atomic mass is 9.74. The van der Waals surface area contributed by atoms with Crippen LogP contribution in [0.2, 0.25) is 0 Å². The van der Waals surface area contributed by atoms with Crippen molar-refractivity contribution in [1.29, 1.82) is 0 Å². The Morgan fingerprint density at radius 3 is 2.46 bits per heavy atom. The first-order valence-corrected chi connectivity index (χ1v) is 9.44. The molecule has 1 N–H and O–H groups in total. The maximum absolute atomic E-state index is 12.8. The third-order valence-corrected chi connectivity index (χ3v) is 5.07. The second kappa shape index (κ2) is 7.70. The van der Waals surface area contributed by atoms with E-state index in [0.29, 0.717) is 29.1 Å². The monoisotopic (exact) mass is 385 g/mol. The van der Waals surface area contributed by atoms with Gasteiger partial charge in [0.05, 0.1) is 20.8 Å². The molecule has 1 heterocycles. The number of ketones is 1. The molecule has 0 saturated carbocycles. The average molecular weight is 385 g/mol. The highest BCUT2D eigenvalue weighted by atomic mass is 16.5. The summed E-state index contributed by atoms with van der Waals surface area (Å²) in [5, 5.41) is 3.43. The number of hydrogen-bond acceptors (Lipinski definition) is 6. The predicted molar refractivity (Wildman–Crippen MR) is 107 cm³/mol. The largest absolute Gasteiger partial charge is 0.493 e. The van der Waals surface area contributed by atoms with Crippen molar-refractivity contribution < 1.29 is 23.8 Å². The molecule has 0 unspecified atom stereocenters. The molecule has 0 amide bonds. The summed E-state index contributed by atoms with van der Waals surface area (Å²) in [7, 11) is 3.14. The Balaban J connectivity index is 2.19. The van der Waals surface area contributed by atoms with E-state index >= 15 is 0 Å². The summed E-state index contributed by atoms with van der Waals surface area (Å²) in [6.45, 7) is 6.20. The van der Waals surface area contributed by atoms with Crippen LogP contribution in [0.3, 0.4) is 0 Å². The second-order valence-electron chi connectivity index (χ2n) is 7.88. The zero-order valence-corrected chi connectivity index (χ0v) is 17.1. The Morgan fingerprint density at radius 2 is 1.82 bits per heavy atom. The Bertz CT molecular complexity index is 879. The van der Waals surface area contributed by atoms with Gasteiger partial charge in [0, 0.05) is 47.0 Å². The molecule has 150 valence electrons. The zero-order valence-electron chi connectivity index (χ0n) is 17.1. The van der Waals surface area contributed by atoms with E-state index in [1.54, 1.807) is 27.2 Å². The number of anilines is 1. The van der Waals surface area contributed by atoms with Crippen molar-refractivity contribution in [1.82, 2.24) is 0 Å². The lowest BCUT2D eigenvalue weighted by Crippen LogP contribution is -2.29. The smallest absolute Gasteiger partial charge is 0.334 e. The molecule has 6 heteroatoms. The number of carbonyl (C=O) groups is 2. The topological polar surface area (TPSA) is 73.9 Å². The number of hydrogen-bond donors (Lipinski definition) is 1. The van der Waals surface area contributed by atoms with Gasteiger partial charge in [0.2, 0.25) is 0 Å². The fourth-order valence-electron chi connectivity index (χ4n) is 3.75. The maximum Gasteiger partial charge on any atom is 0.334 e.